The van der Waals surface area contributed by atoms with Crippen LogP contribution in [0.3, 0.4) is 0 Å². The van der Waals surface area contributed by atoms with Crippen LogP contribution in [0.15, 0.2) is 52.9 Å². The lowest BCUT2D eigenvalue weighted by atomic mass is 10.0. The van der Waals surface area contributed by atoms with Gasteiger partial charge in [-0.25, -0.2) is 9.19 Å². The molecule has 1 amide bonds. The van der Waals surface area contributed by atoms with E-state index in [-0.39, 0.29) is 5.91 Å². The summed E-state index contributed by atoms with van der Waals surface area (Å²) in [7, 11) is -1.34. The van der Waals surface area contributed by atoms with Crippen molar-refractivity contribution in [1.29, 1.82) is 5.26 Å². The van der Waals surface area contributed by atoms with Gasteiger partial charge in [-0.05, 0) is 51.5 Å². The number of fused-ring (bicyclic) bond motifs is 1. The number of benzene rings is 2. The molecule has 1 unspecified atom stereocenters. The SMILES string of the molecule is C/C(=N\S(=O)C(C)(C)C)c1ccc(-c2cc(C(=O)N3CCOCC3)c3ccc(C#N)cc3n2)cc1. The van der Waals surface area contributed by atoms with Gasteiger partial charge in [-0.3, -0.25) is 4.79 Å². The first-order chi connectivity index (χ1) is 16.7. The maximum atomic E-state index is 13.4. The summed E-state index contributed by atoms with van der Waals surface area (Å²) in [6, 6.07) is 16.8. The molecule has 2 heterocycles. The molecular weight excluding hydrogens is 460 g/mol. The van der Waals surface area contributed by atoms with Crippen molar-refractivity contribution in [1.82, 2.24) is 9.88 Å². The van der Waals surface area contributed by atoms with Crippen molar-refractivity contribution in [3.63, 3.8) is 0 Å². The fraction of sp³-hybridized carbons (Fsp3) is 0.333. The van der Waals surface area contributed by atoms with Gasteiger partial charge in [0.2, 0.25) is 0 Å². The molecule has 180 valence electrons. The van der Waals surface area contributed by atoms with Gasteiger partial charge in [0.1, 0.15) is 11.0 Å². The lowest BCUT2D eigenvalue weighted by Gasteiger charge is -2.27. The van der Waals surface area contributed by atoms with E-state index in [1.165, 1.54) is 0 Å². The Morgan fingerprint density at radius 3 is 2.43 bits per heavy atom. The topological polar surface area (TPSA) is 95.6 Å². The van der Waals surface area contributed by atoms with Gasteiger partial charge >= 0.3 is 0 Å². The van der Waals surface area contributed by atoms with Crippen LogP contribution >= 0.6 is 0 Å². The maximum absolute atomic E-state index is 13.4. The summed E-state index contributed by atoms with van der Waals surface area (Å²) in [4.78, 5) is 20.0. The summed E-state index contributed by atoms with van der Waals surface area (Å²) in [6.07, 6.45) is 0. The van der Waals surface area contributed by atoms with Crippen LogP contribution in [0.25, 0.3) is 22.2 Å². The predicted molar refractivity (Wildman–Crippen MR) is 139 cm³/mol. The van der Waals surface area contributed by atoms with Gasteiger partial charge in [-0.2, -0.15) is 9.66 Å². The second-order valence-corrected chi connectivity index (χ2v) is 11.3. The third kappa shape index (κ3) is 5.47. The van der Waals surface area contributed by atoms with Crippen LogP contribution in [0.5, 0.6) is 0 Å². The smallest absolute Gasteiger partial charge is 0.254 e. The van der Waals surface area contributed by atoms with Crippen LogP contribution < -0.4 is 0 Å². The monoisotopic (exact) mass is 488 g/mol. The molecule has 3 aromatic rings. The average Bonchev–Trinajstić information content (AvgIpc) is 2.87. The summed E-state index contributed by atoms with van der Waals surface area (Å²) in [5, 5.41) is 10.1. The number of nitriles is 1. The van der Waals surface area contributed by atoms with Crippen molar-refractivity contribution in [2.45, 2.75) is 32.4 Å². The molecule has 0 bridgehead atoms. The number of morpholine rings is 1. The number of nitrogens with zero attached hydrogens (tertiary/aromatic N) is 4. The maximum Gasteiger partial charge on any atom is 0.254 e. The molecule has 1 fully saturated rings. The molecule has 0 saturated carbocycles. The molecule has 1 aliphatic heterocycles. The van der Waals surface area contributed by atoms with Gasteiger partial charge in [0.25, 0.3) is 5.91 Å². The van der Waals surface area contributed by atoms with Crippen molar-refractivity contribution in [2.75, 3.05) is 26.3 Å². The van der Waals surface area contributed by atoms with E-state index < -0.39 is 15.7 Å². The van der Waals surface area contributed by atoms with Gasteiger partial charge < -0.3 is 9.64 Å². The number of amides is 1. The lowest BCUT2D eigenvalue weighted by Crippen LogP contribution is -2.40. The van der Waals surface area contributed by atoms with Crippen LogP contribution in [-0.4, -0.2) is 56.8 Å². The van der Waals surface area contributed by atoms with Crippen molar-refractivity contribution < 1.29 is 13.7 Å². The second-order valence-electron chi connectivity index (χ2n) is 9.42. The highest BCUT2D eigenvalue weighted by Gasteiger charge is 2.22. The quantitative estimate of drug-likeness (QED) is 0.503. The Morgan fingerprint density at radius 1 is 1.11 bits per heavy atom. The molecule has 4 rings (SSSR count). The fourth-order valence-electron chi connectivity index (χ4n) is 3.76. The Bertz CT molecular complexity index is 1360. The molecule has 35 heavy (non-hydrogen) atoms. The first-order valence-electron chi connectivity index (χ1n) is 11.5. The largest absolute Gasteiger partial charge is 0.378 e. The minimum absolute atomic E-state index is 0.0732. The van der Waals surface area contributed by atoms with Gasteiger partial charge in [-0.1, -0.05) is 30.3 Å². The zero-order valence-corrected chi connectivity index (χ0v) is 21.2. The number of carbonyl (C=O) groups is 1. The molecule has 8 heteroatoms. The Balaban J connectivity index is 1.74. The van der Waals surface area contributed by atoms with Gasteiger partial charge in [0.05, 0.1) is 52.1 Å². The predicted octanol–water partition coefficient (Wildman–Crippen LogP) is 4.52. The molecule has 1 saturated heterocycles. The fourth-order valence-corrected chi connectivity index (χ4v) is 4.38. The molecule has 0 N–H and O–H groups in total. The van der Waals surface area contributed by atoms with Gasteiger partial charge in [-0.15, -0.1) is 0 Å². The zero-order valence-electron chi connectivity index (χ0n) is 20.4. The number of hydrogen-bond donors (Lipinski definition) is 0. The van der Waals surface area contributed by atoms with Crippen LogP contribution in [0.4, 0.5) is 0 Å². The normalized spacial score (nSPS) is 15.6. The van der Waals surface area contributed by atoms with Crippen LogP contribution in [0.2, 0.25) is 0 Å². The van der Waals surface area contributed by atoms with Crippen LogP contribution in [-0.2, 0) is 15.7 Å². The summed E-state index contributed by atoms with van der Waals surface area (Å²) in [5.41, 5.74) is 4.67. The molecule has 1 aliphatic rings. The second kappa shape index (κ2) is 10.1. The highest BCUT2D eigenvalue weighted by atomic mass is 32.2. The number of rotatable bonds is 4. The third-order valence-electron chi connectivity index (χ3n) is 5.81. The Labute approximate surface area is 208 Å². The standard InChI is InChI=1S/C27H28N4O3S/c1-18(30-35(33)27(2,3)4)20-6-8-21(9-7-20)24-16-23(26(32)31-11-13-34-14-12-31)22-10-5-19(17-28)15-25(22)29-24/h5-10,15-16H,11-14H2,1-4H3/b30-18+. The number of ether oxygens (including phenoxy) is 1. The molecule has 1 aromatic heterocycles. The molecule has 0 radical (unpaired) electrons. The van der Waals surface area contributed by atoms with E-state index in [9.17, 15) is 14.3 Å². The molecular formula is C27H28N4O3S. The van der Waals surface area contributed by atoms with Crippen molar-refractivity contribution in [3.8, 4) is 17.3 Å². The average molecular weight is 489 g/mol. The Kier molecular flexibility index (Phi) is 7.10. The highest BCUT2D eigenvalue weighted by molar-refractivity contribution is 7.85. The zero-order chi connectivity index (χ0) is 25.2. The van der Waals surface area contributed by atoms with E-state index in [1.54, 1.807) is 23.1 Å². The minimum Gasteiger partial charge on any atom is -0.378 e. The van der Waals surface area contributed by atoms with Crippen LogP contribution in [0.1, 0.15) is 49.2 Å². The van der Waals surface area contributed by atoms with Crippen LogP contribution in [0, 0.1) is 11.3 Å². The number of carbonyl (C=O) groups excluding carboxylic acids is 1. The minimum atomic E-state index is -1.34. The highest BCUT2D eigenvalue weighted by Crippen LogP contribution is 2.27. The first kappa shape index (κ1) is 24.7. The summed E-state index contributed by atoms with van der Waals surface area (Å²) >= 11 is 0. The summed E-state index contributed by atoms with van der Waals surface area (Å²) in [5.74, 6) is -0.0732. The van der Waals surface area contributed by atoms with Crippen molar-refractivity contribution in [3.05, 3.63) is 65.2 Å². The van der Waals surface area contributed by atoms with Gasteiger partial charge in [0, 0.05) is 24.0 Å². The third-order valence-corrected chi connectivity index (χ3v) is 7.30. The van der Waals surface area contributed by atoms with Gasteiger partial charge in [0.15, 0.2) is 0 Å². The number of aromatic nitrogens is 1. The molecule has 1 atom stereocenters. The van der Waals surface area contributed by atoms with E-state index in [1.807, 2.05) is 58.0 Å². The van der Waals surface area contributed by atoms with E-state index in [0.717, 1.165) is 11.1 Å². The van der Waals surface area contributed by atoms with Crippen molar-refractivity contribution in [2.24, 2.45) is 4.40 Å². The molecule has 7 nitrogen and oxygen atoms in total. The molecule has 2 aromatic carbocycles. The van der Waals surface area contributed by atoms with E-state index in [2.05, 4.69) is 10.5 Å². The van der Waals surface area contributed by atoms with E-state index in [4.69, 9.17) is 9.72 Å². The first-order valence-corrected chi connectivity index (χ1v) is 12.6. The Hall–Kier alpha value is -3.41. The van der Waals surface area contributed by atoms with E-state index >= 15 is 0 Å². The summed E-state index contributed by atoms with van der Waals surface area (Å²) < 4.78 is 21.7. The Morgan fingerprint density at radius 2 is 1.80 bits per heavy atom. The number of hydrogen-bond acceptors (Lipinski definition) is 5. The number of pyridine rings is 1. The lowest BCUT2D eigenvalue weighted by molar-refractivity contribution is 0.0304. The van der Waals surface area contributed by atoms with E-state index in [0.29, 0.717) is 59.7 Å². The summed E-state index contributed by atoms with van der Waals surface area (Å²) in [6.45, 7) is 9.63. The molecule has 0 aliphatic carbocycles. The van der Waals surface area contributed by atoms with Crippen molar-refractivity contribution >= 4 is 33.5 Å². The molecule has 0 spiro atoms.